The maximum atomic E-state index is 3.58. The van der Waals surface area contributed by atoms with Gasteiger partial charge in [-0.25, -0.2) is 0 Å². The van der Waals surface area contributed by atoms with Crippen LogP contribution in [0, 0.1) is 6.92 Å². The molecule has 2 rings (SSSR count). The van der Waals surface area contributed by atoms with Gasteiger partial charge in [0.2, 0.25) is 0 Å². The van der Waals surface area contributed by atoms with Crippen LogP contribution in [0.25, 0.3) is 0 Å². The van der Waals surface area contributed by atoms with Gasteiger partial charge in [0.05, 0.1) is 0 Å². The van der Waals surface area contributed by atoms with Gasteiger partial charge < -0.3 is 5.32 Å². The fourth-order valence-electron chi connectivity index (χ4n) is 2.11. The molecular weight excluding hydrogens is 206 g/mol. The van der Waals surface area contributed by atoms with Gasteiger partial charge in [0.1, 0.15) is 0 Å². The number of hydrogen-bond acceptors (Lipinski definition) is 1. The molecule has 1 nitrogen and oxygen atoms in total. The van der Waals surface area contributed by atoms with E-state index in [1.807, 2.05) is 0 Å². The zero-order valence-corrected chi connectivity index (χ0v) is 10.1. The van der Waals surface area contributed by atoms with E-state index < -0.39 is 0 Å². The third-order valence-corrected chi connectivity index (χ3v) is 3.02. The summed E-state index contributed by atoms with van der Waals surface area (Å²) in [5, 5.41) is 3.58. The highest BCUT2D eigenvalue weighted by molar-refractivity contribution is 5.85. The van der Waals surface area contributed by atoms with Gasteiger partial charge in [-0.3, -0.25) is 0 Å². The van der Waals surface area contributed by atoms with Gasteiger partial charge in [0.25, 0.3) is 0 Å². The van der Waals surface area contributed by atoms with Gasteiger partial charge in [0, 0.05) is 6.04 Å². The van der Waals surface area contributed by atoms with E-state index in [-0.39, 0.29) is 12.4 Å². The number of aryl methyl sites for hydroxylation is 1. The first-order valence-electron chi connectivity index (χ1n) is 5.63. The van der Waals surface area contributed by atoms with Crippen LogP contribution >= 0.6 is 12.4 Å². The molecule has 1 aliphatic rings. The van der Waals surface area contributed by atoms with Crippen LogP contribution in [0.3, 0.4) is 0 Å². The molecule has 0 aliphatic carbocycles. The molecule has 0 radical (unpaired) electrons. The standard InChI is InChI=1S/C13H19N.ClH/c1-11-5-7-12(8-6-11)10-13-4-2-3-9-14-13;/h5-8,13-14H,2-4,9-10H2,1H3;1H/t13-;/m1./s1. The molecule has 0 aromatic heterocycles. The van der Waals surface area contributed by atoms with Crippen LogP contribution < -0.4 is 5.32 Å². The molecule has 0 amide bonds. The van der Waals surface area contributed by atoms with Crippen molar-refractivity contribution >= 4 is 12.4 Å². The summed E-state index contributed by atoms with van der Waals surface area (Å²) in [6.45, 7) is 3.35. The molecule has 0 unspecified atom stereocenters. The number of piperidine rings is 1. The lowest BCUT2D eigenvalue weighted by molar-refractivity contribution is 0.399. The Labute approximate surface area is 98.7 Å². The molecule has 0 spiro atoms. The maximum absolute atomic E-state index is 3.58. The van der Waals surface area contributed by atoms with Crippen molar-refractivity contribution in [3.63, 3.8) is 0 Å². The first-order chi connectivity index (χ1) is 6.84. The summed E-state index contributed by atoms with van der Waals surface area (Å²) in [5.74, 6) is 0. The summed E-state index contributed by atoms with van der Waals surface area (Å²) in [4.78, 5) is 0. The van der Waals surface area contributed by atoms with E-state index >= 15 is 0 Å². The molecule has 1 fully saturated rings. The van der Waals surface area contributed by atoms with Crippen LogP contribution in [0.1, 0.15) is 30.4 Å². The molecule has 1 N–H and O–H groups in total. The monoisotopic (exact) mass is 225 g/mol. The number of rotatable bonds is 2. The third kappa shape index (κ3) is 3.84. The number of benzene rings is 1. The van der Waals surface area contributed by atoms with Crippen molar-refractivity contribution in [1.29, 1.82) is 0 Å². The smallest absolute Gasteiger partial charge is 0.0107 e. The Kier molecular flexibility index (Phi) is 5.13. The van der Waals surface area contributed by atoms with Crippen molar-refractivity contribution in [3.8, 4) is 0 Å². The second-order valence-corrected chi connectivity index (χ2v) is 4.34. The summed E-state index contributed by atoms with van der Waals surface area (Å²) < 4.78 is 0. The van der Waals surface area contributed by atoms with Gasteiger partial charge in [-0.2, -0.15) is 0 Å². The highest BCUT2D eigenvalue weighted by atomic mass is 35.5. The summed E-state index contributed by atoms with van der Waals surface area (Å²) in [6.07, 6.45) is 5.28. The third-order valence-electron chi connectivity index (χ3n) is 3.02. The zero-order valence-electron chi connectivity index (χ0n) is 9.33. The van der Waals surface area contributed by atoms with Crippen LogP contribution in [0.15, 0.2) is 24.3 Å². The Bertz CT molecular complexity index is 275. The van der Waals surface area contributed by atoms with Crippen LogP contribution in [0.5, 0.6) is 0 Å². The Balaban J connectivity index is 0.00000112. The molecule has 84 valence electrons. The summed E-state index contributed by atoms with van der Waals surface area (Å²) in [5.41, 5.74) is 2.82. The van der Waals surface area contributed by atoms with E-state index in [0.717, 1.165) is 0 Å². The predicted molar refractivity (Wildman–Crippen MR) is 67.8 cm³/mol. The normalized spacial score (nSPS) is 20.7. The zero-order chi connectivity index (χ0) is 9.80. The lowest BCUT2D eigenvalue weighted by Crippen LogP contribution is -2.35. The molecule has 1 saturated heterocycles. The Morgan fingerprint density at radius 2 is 1.93 bits per heavy atom. The summed E-state index contributed by atoms with van der Waals surface area (Å²) in [7, 11) is 0. The van der Waals surface area contributed by atoms with Crippen molar-refractivity contribution in [3.05, 3.63) is 35.4 Å². The van der Waals surface area contributed by atoms with E-state index in [0.29, 0.717) is 6.04 Å². The Morgan fingerprint density at radius 1 is 1.20 bits per heavy atom. The second kappa shape index (κ2) is 6.14. The first kappa shape index (κ1) is 12.5. The molecule has 0 saturated carbocycles. The summed E-state index contributed by atoms with van der Waals surface area (Å²) >= 11 is 0. The molecule has 1 aliphatic heterocycles. The van der Waals surface area contributed by atoms with Gasteiger partial charge >= 0.3 is 0 Å². The van der Waals surface area contributed by atoms with E-state index in [9.17, 15) is 0 Å². The van der Waals surface area contributed by atoms with Gasteiger partial charge in [-0.05, 0) is 38.3 Å². The van der Waals surface area contributed by atoms with Gasteiger partial charge in [0.15, 0.2) is 0 Å². The lowest BCUT2D eigenvalue weighted by Gasteiger charge is -2.23. The molecule has 1 aromatic rings. The molecule has 2 heteroatoms. The van der Waals surface area contributed by atoms with Gasteiger partial charge in [-0.15, -0.1) is 12.4 Å². The van der Waals surface area contributed by atoms with E-state index in [1.165, 1.54) is 43.4 Å². The predicted octanol–water partition coefficient (Wildman–Crippen LogP) is 3.10. The molecule has 1 aromatic carbocycles. The van der Waals surface area contributed by atoms with Crippen LogP contribution in [-0.4, -0.2) is 12.6 Å². The number of halogens is 1. The van der Waals surface area contributed by atoms with Crippen molar-refractivity contribution in [2.24, 2.45) is 0 Å². The summed E-state index contributed by atoms with van der Waals surface area (Å²) in [6, 6.07) is 9.64. The minimum Gasteiger partial charge on any atom is -0.314 e. The van der Waals surface area contributed by atoms with Crippen molar-refractivity contribution < 1.29 is 0 Å². The molecule has 1 heterocycles. The minimum atomic E-state index is 0. The second-order valence-electron chi connectivity index (χ2n) is 4.34. The van der Waals surface area contributed by atoms with E-state index in [2.05, 4.69) is 36.5 Å². The lowest BCUT2D eigenvalue weighted by atomic mass is 9.97. The van der Waals surface area contributed by atoms with Crippen molar-refractivity contribution in [2.75, 3.05) is 6.54 Å². The van der Waals surface area contributed by atoms with Crippen molar-refractivity contribution in [1.82, 2.24) is 5.32 Å². The largest absolute Gasteiger partial charge is 0.314 e. The quantitative estimate of drug-likeness (QED) is 0.816. The van der Waals surface area contributed by atoms with Crippen molar-refractivity contribution in [2.45, 2.75) is 38.6 Å². The average molecular weight is 226 g/mol. The molecule has 0 bridgehead atoms. The fourth-order valence-corrected chi connectivity index (χ4v) is 2.11. The first-order valence-corrected chi connectivity index (χ1v) is 5.63. The molecular formula is C13H20ClN. The topological polar surface area (TPSA) is 12.0 Å². The molecule has 1 atom stereocenters. The SMILES string of the molecule is Cc1ccc(C[C@H]2CCCCN2)cc1.Cl. The van der Waals surface area contributed by atoms with E-state index in [1.54, 1.807) is 0 Å². The molecule has 15 heavy (non-hydrogen) atoms. The Hall–Kier alpha value is -0.530. The highest BCUT2D eigenvalue weighted by Gasteiger charge is 2.12. The van der Waals surface area contributed by atoms with Crippen LogP contribution in [0.4, 0.5) is 0 Å². The van der Waals surface area contributed by atoms with Crippen LogP contribution in [0.2, 0.25) is 0 Å². The highest BCUT2D eigenvalue weighted by Crippen LogP contribution is 2.13. The fraction of sp³-hybridized carbons (Fsp3) is 0.538. The van der Waals surface area contributed by atoms with Gasteiger partial charge in [-0.1, -0.05) is 36.2 Å². The number of nitrogens with one attached hydrogen (secondary N) is 1. The van der Waals surface area contributed by atoms with E-state index in [4.69, 9.17) is 0 Å². The Morgan fingerprint density at radius 3 is 2.53 bits per heavy atom. The number of hydrogen-bond donors (Lipinski definition) is 1. The maximum Gasteiger partial charge on any atom is 0.0107 e. The minimum absolute atomic E-state index is 0. The average Bonchev–Trinajstić information content (AvgIpc) is 2.23. The van der Waals surface area contributed by atoms with Crippen LogP contribution in [-0.2, 0) is 6.42 Å².